The van der Waals surface area contributed by atoms with Crippen molar-refractivity contribution in [3.05, 3.63) is 46.2 Å². The van der Waals surface area contributed by atoms with Gasteiger partial charge in [0.05, 0.1) is 6.33 Å². The second-order valence-electron chi connectivity index (χ2n) is 4.06. The van der Waals surface area contributed by atoms with Crippen molar-refractivity contribution in [3.8, 4) is 0 Å². The van der Waals surface area contributed by atoms with Crippen molar-refractivity contribution >= 4 is 35.1 Å². The molecule has 0 saturated carbocycles. The number of pyridine rings is 1. The Morgan fingerprint density at radius 3 is 2.52 bits per heavy atom. The number of aromatic nitrogens is 3. The van der Waals surface area contributed by atoms with Gasteiger partial charge in [-0.15, -0.1) is 0 Å². The highest BCUT2D eigenvalue weighted by atomic mass is 35.5. The third kappa shape index (κ3) is 4.17. The molecule has 2 aromatic rings. The number of carboxylic acid groups (broad SMARTS) is 1. The molecule has 0 aliphatic rings. The predicted molar refractivity (Wildman–Crippen MR) is 75.8 cm³/mol. The first-order valence-electron chi connectivity index (χ1n) is 5.82. The first-order chi connectivity index (χ1) is 9.95. The fraction of sp³-hybridized carbons (Fsp3) is 0.167. The van der Waals surface area contributed by atoms with Crippen molar-refractivity contribution in [1.82, 2.24) is 19.9 Å². The Morgan fingerprint density at radius 1 is 1.29 bits per heavy atom. The molecule has 0 bridgehead atoms. The molecule has 0 fully saturated rings. The Bertz CT molecular complexity index is 667. The lowest BCUT2D eigenvalue weighted by Crippen LogP contribution is -2.27. The number of carbonyl (C=O) groups is 2. The van der Waals surface area contributed by atoms with Crippen LogP contribution in [0, 0.1) is 0 Å². The Hall–Kier alpha value is -2.12. The van der Waals surface area contributed by atoms with E-state index in [1.54, 1.807) is 4.57 Å². The van der Waals surface area contributed by atoms with Crippen LogP contribution in [0.25, 0.3) is 0 Å². The lowest BCUT2D eigenvalue weighted by Gasteiger charge is -2.06. The minimum Gasteiger partial charge on any atom is -0.476 e. The first kappa shape index (κ1) is 15.3. The molecule has 0 aliphatic carbocycles. The van der Waals surface area contributed by atoms with Crippen LogP contribution in [-0.4, -0.2) is 38.1 Å². The number of hydrogen-bond donors (Lipinski definition) is 2. The number of nitrogens with one attached hydrogen (secondary N) is 1. The Balaban J connectivity index is 1.90. The molecule has 1 amide bonds. The molecule has 21 heavy (non-hydrogen) atoms. The van der Waals surface area contributed by atoms with E-state index in [-0.39, 0.29) is 21.9 Å². The Morgan fingerprint density at radius 2 is 1.95 bits per heavy atom. The van der Waals surface area contributed by atoms with E-state index in [4.69, 9.17) is 28.3 Å². The van der Waals surface area contributed by atoms with Crippen LogP contribution in [0.1, 0.15) is 20.8 Å². The summed E-state index contributed by atoms with van der Waals surface area (Å²) in [5.74, 6) is -1.45. The SMILES string of the molecule is O=C(NCCn1cnc(C(=O)O)c1)c1cc(Cl)nc(Cl)c1. The number of aromatic carboxylic acids is 1. The summed E-state index contributed by atoms with van der Waals surface area (Å²) in [4.78, 5) is 30.0. The van der Waals surface area contributed by atoms with Gasteiger partial charge in [0.25, 0.3) is 5.91 Å². The molecule has 2 aromatic heterocycles. The van der Waals surface area contributed by atoms with Gasteiger partial charge in [0.2, 0.25) is 0 Å². The standard InChI is InChI=1S/C12H10Cl2N4O3/c13-9-3-7(4-10(14)17-9)11(19)15-1-2-18-5-8(12(20)21)16-6-18/h3-6H,1-2H2,(H,15,19)(H,20,21). The Labute approximate surface area is 129 Å². The molecule has 7 nitrogen and oxygen atoms in total. The van der Waals surface area contributed by atoms with Crippen molar-refractivity contribution in [2.75, 3.05) is 6.54 Å². The van der Waals surface area contributed by atoms with E-state index in [1.165, 1.54) is 24.7 Å². The van der Waals surface area contributed by atoms with Gasteiger partial charge in [-0.25, -0.2) is 14.8 Å². The molecule has 2 heterocycles. The van der Waals surface area contributed by atoms with E-state index in [0.717, 1.165) is 0 Å². The molecule has 110 valence electrons. The molecule has 0 spiro atoms. The molecule has 2 N–H and O–H groups in total. The maximum Gasteiger partial charge on any atom is 0.356 e. The molecule has 2 rings (SSSR count). The van der Waals surface area contributed by atoms with Crippen LogP contribution in [-0.2, 0) is 6.54 Å². The van der Waals surface area contributed by atoms with E-state index in [9.17, 15) is 9.59 Å². The third-order valence-corrected chi connectivity index (χ3v) is 2.92. The topological polar surface area (TPSA) is 97.1 Å². The molecule has 0 aromatic carbocycles. The number of amides is 1. The first-order valence-corrected chi connectivity index (χ1v) is 6.57. The van der Waals surface area contributed by atoms with Crippen molar-refractivity contribution in [3.63, 3.8) is 0 Å². The number of nitrogens with zero attached hydrogens (tertiary/aromatic N) is 3. The summed E-state index contributed by atoms with van der Waals surface area (Å²) >= 11 is 11.4. The van der Waals surface area contributed by atoms with Crippen LogP contribution in [0.15, 0.2) is 24.7 Å². The summed E-state index contributed by atoms with van der Waals surface area (Å²) in [6.07, 6.45) is 2.77. The van der Waals surface area contributed by atoms with Gasteiger partial charge >= 0.3 is 5.97 Å². The van der Waals surface area contributed by atoms with Gasteiger partial charge in [-0.1, -0.05) is 23.2 Å². The van der Waals surface area contributed by atoms with E-state index in [2.05, 4.69) is 15.3 Å². The van der Waals surface area contributed by atoms with Crippen LogP contribution < -0.4 is 5.32 Å². The second kappa shape index (κ2) is 6.55. The molecular weight excluding hydrogens is 319 g/mol. The maximum atomic E-state index is 11.9. The van der Waals surface area contributed by atoms with Crippen LogP contribution in [0.4, 0.5) is 0 Å². The number of imidazole rings is 1. The smallest absolute Gasteiger partial charge is 0.356 e. The summed E-state index contributed by atoms with van der Waals surface area (Å²) in [5, 5.41) is 11.7. The monoisotopic (exact) mass is 328 g/mol. The highest BCUT2D eigenvalue weighted by Crippen LogP contribution is 2.14. The molecule has 0 aliphatic heterocycles. The lowest BCUT2D eigenvalue weighted by atomic mass is 10.2. The molecule has 0 radical (unpaired) electrons. The molecular formula is C12H10Cl2N4O3. The largest absolute Gasteiger partial charge is 0.476 e. The van der Waals surface area contributed by atoms with Crippen molar-refractivity contribution in [2.45, 2.75) is 6.54 Å². The van der Waals surface area contributed by atoms with Gasteiger partial charge < -0.3 is 15.0 Å². The average Bonchev–Trinajstić information content (AvgIpc) is 2.86. The zero-order valence-corrected chi connectivity index (χ0v) is 12.1. The van der Waals surface area contributed by atoms with Gasteiger partial charge in [-0.2, -0.15) is 0 Å². The van der Waals surface area contributed by atoms with Crippen molar-refractivity contribution < 1.29 is 14.7 Å². The molecule has 0 saturated heterocycles. The molecule has 9 heteroatoms. The van der Waals surface area contributed by atoms with Crippen LogP contribution in [0.3, 0.4) is 0 Å². The fourth-order valence-corrected chi connectivity index (χ4v) is 2.05. The van der Waals surface area contributed by atoms with Crippen LogP contribution in [0.2, 0.25) is 10.3 Å². The van der Waals surface area contributed by atoms with E-state index < -0.39 is 5.97 Å². The van der Waals surface area contributed by atoms with Crippen molar-refractivity contribution in [1.29, 1.82) is 0 Å². The van der Waals surface area contributed by atoms with E-state index in [1.807, 2.05) is 0 Å². The second-order valence-corrected chi connectivity index (χ2v) is 4.83. The van der Waals surface area contributed by atoms with Gasteiger partial charge in [-0.3, -0.25) is 4.79 Å². The zero-order chi connectivity index (χ0) is 15.4. The van der Waals surface area contributed by atoms with Crippen LogP contribution >= 0.6 is 23.2 Å². The summed E-state index contributed by atoms with van der Waals surface area (Å²) < 4.78 is 1.57. The molecule has 0 unspecified atom stereocenters. The lowest BCUT2D eigenvalue weighted by molar-refractivity contribution is 0.0690. The number of carbonyl (C=O) groups excluding carboxylic acids is 1. The van der Waals surface area contributed by atoms with Gasteiger partial charge in [-0.05, 0) is 12.1 Å². The zero-order valence-electron chi connectivity index (χ0n) is 10.6. The minimum absolute atomic E-state index is 0.0472. The number of hydrogen-bond acceptors (Lipinski definition) is 4. The number of rotatable bonds is 5. The van der Waals surface area contributed by atoms with Gasteiger partial charge in [0.15, 0.2) is 5.69 Å². The normalized spacial score (nSPS) is 10.4. The minimum atomic E-state index is -1.10. The quantitative estimate of drug-likeness (QED) is 0.814. The summed E-state index contributed by atoms with van der Waals surface area (Å²) in [6.45, 7) is 0.685. The highest BCUT2D eigenvalue weighted by Gasteiger charge is 2.09. The summed E-state index contributed by atoms with van der Waals surface area (Å²) in [5.41, 5.74) is 0.255. The summed E-state index contributed by atoms with van der Waals surface area (Å²) in [6, 6.07) is 2.81. The average molecular weight is 329 g/mol. The third-order valence-electron chi connectivity index (χ3n) is 2.53. The van der Waals surface area contributed by atoms with Crippen molar-refractivity contribution in [2.24, 2.45) is 0 Å². The summed E-state index contributed by atoms with van der Waals surface area (Å²) in [7, 11) is 0. The highest BCUT2D eigenvalue weighted by molar-refractivity contribution is 6.33. The maximum absolute atomic E-state index is 11.9. The number of halogens is 2. The molecule has 0 atom stereocenters. The van der Waals surface area contributed by atoms with E-state index in [0.29, 0.717) is 18.7 Å². The Kier molecular flexibility index (Phi) is 4.77. The van der Waals surface area contributed by atoms with Gasteiger partial charge in [0, 0.05) is 24.8 Å². The number of carboxylic acids is 1. The van der Waals surface area contributed by atoms with Crippen LogP contribution in [0.5, 0.6) is 0 Å². The predicted octanol–water partition coefficient (Wildman–Crippen LogP) is 1.71. The fourth-order valence-electron chi connectivity index (χ4n) is 1.59. The van der Waals surface area contributed by atoms with Gasteiger partial charge in [0.1, 0.15) is 10.3 Å². The van der Waals surface area contributed by atoms with E-state index >= 15 is 0 Å².